The van der Waals surface area contributed by atoms with Crippen molar-refractivity contribution in [2.45, 2.75) is 33.4 Å². The van der Waals surface area contributed by atoms with Crippen LogP contribution in [-0.4, -0.2) is 30.1 Å². The van der Waals surface area contributed by atoms with Crippen LogP contribution in [0, 0.1) is 11.8 Å². The van der Waals surface area contributed by atoms with Crippen LogP contribution in [0.5, 0.6) is 0 Å². The zero-order valence-corrected chi connectivity index (χ0v) is 14.0. The molecule has 0 bridgehead atoms. The molecular formula is C17H22FNO5. The third kappa shape index (κ3) is 5.33. The number of carboxylic acid groups (broad SMARTS) is 1. The summed E-state index contributed by atoms with van der Waals surface area (Å²) < 4.78 is 17.7. The summed E-state index contributed by atoms with van der Waals surface area (Å²) >= 11 is 0. The molecule has 0 fully saturated rings. The number of nitrogens with one attached hydrogen (secondary N) is 1. The summed E-state index contributed by atoms with van der Waals surface area (Å²) in [6.07, 6.45) is 0.212. The van der Waals surface area contributed by atoms with Crippen molar-refractivity contribution in [1.29, 1.82) is 0 Å². The third-order valence-corrected chi connectivity index (χ3v) is 3.75. The van der Waals surface area contributed by atoms with E-state index in [9.17, 15) is 18.8 Å². The molecule has 1 rings (SSSR count). The summed E-state index contributed by atoms with van der Waals surface area (Å²) in [7, 11) is 1.22. The predicted molar refractivity (Wildman–Crippen MR) is 86.4 cm³/mol. The molecular weight excluding hydrogens is 317 g/mol. The zero-order valence-electron chi connectivity index (χ0n) is 14.0. The van der Waals surface area contributed by atoms with E-state index in [0.29, 0.717) is 0 Å². The summed E-state index contributed by atoms with van der Waals surface area (Å²) in [5, 5.41) is 11.7. The van der Waals surface area contributed by atoms with Gasteiger partial charge >= 0.3 is 11.9 Å². The number of benzene rings is 1. The first-order valence-corrected chi connectivity index (χ1v) is 7.60. The Morgan fingerprint density at radius 2 is 1.96 bits per heavy atom. The Morgan fingerprint density at radius 3 is 2.46 bits per heavy atom. The molecule has 0 unspecified atom stereocenters. The Hall–Kier alpha value is -2.44. The van der Waals surface area contributed by atoms with Crippen LogP contribution in [0.3, 0.4) is 0 Å². The van der Waals surface area contributed by atoms with Crippen LogP contribution in [0.4, 0.5) is 10.1 Å². The van der Waals surface area contributed by atoms with E-state index in [1.165, 1.54) is 25.3 Å². The van der Waals surface area contributed by atoms with Gasteiger partial charge in [0.2, 0.25) is 5.91 Å². The van der Waals surface area contributed by atoms with E-state index in [4.69, 9.17) is 5.11 Å². The number of alkyl halides is 1. The Balaban J connectivity index is 2.76. The SMILES string of the molecule is COC(=O)c1ccc(NC(=O)CC[C@@H](C(=O)O)C(C)C)c(CF)c1. The van der Waals surface area contributed by atoms with Crippen molar-refractivity contribution < 1.29 is 28.6 Å². The standard InChI is InChI=1S/C17H22FNO5/c1-10(2)13(16(21)22)5-7-15(20)19-14-6-4-11(17(23)24-3)8-12(14)9-18/h4,6,8,10,13H,5,7,9H2,1-3H3,(H,19,20)(H,21,22)/t13-/m1/s1. The fraction of sp³-hybridized carbons (Fsp3) is 0.471. The maximum absolute atomic E-state index is 13.1. The summed E-state index contributed by atoms with van der Waals surface area (Å²) in [6, 6.07) is 4.17. The predicted octanol–water partition coefficient (Wildman–Crippen LogP) is 3.02. The van der Waals surface area contributed by atoms with Gasteiger partial charge in [-0.2, -0.15) is 0 Å². The molecule has 132 valence electrons. The normalized spacial score (nSPS) is 11.9. The zero-order chi connectivity index (χ0) is 18.3. The van der Waals surface area contributed by atoms with Gasteiger partial charge in [0.15, 0.2) is 0 Å². The molecule has 7 heteroatoms. The number of amides is 1. The van der Waals surface area contributed by atoms with Gasteiger partial charge in [-0.3, -0.25) is 9.59 Å². The lowest BCUT2D eigenvalue weighted by molar-refractivity contribution is -0.143. The lowest BCUT2D eigenvalue weighted by atomic mass is 9.91. The Morgan fingerprint density at radius 1 is 1.29 bits per heavy atom. The van der Waals surface area contributed by atoms with E-state index in [2.05, 4.69) is 10.1 Å². The van der Waals surface area contributed by atoms with Gasteiger partial charge in [0.05, 0.1) is 18.6 Å². The van der Waals surface area contributed by atoms with Crippen molar-refractivity contribution in [2.24, 2.45) is 11.8 Å². The Bertz CT molecular complexity index is 615. The molecule has 1 aromatic carbocycles. The van der Waals surface area contributed by atoms with Gasteiger partial charge in [0, 0.05) is 17.7 Å². The van der Waals surface area contributed by atoms with E-state index < -0.39 is 30.4 Å². The minimum atomic E-state index is -0.940. The number of carboxylic acids is 1. The summed E-state index contributed by atoms with van der Waals surface area (Å²) in [6.45, 7) is 2.71. The maximum atomic E-state index is 13.1. The van der Waals surface area contributed by atoms with Crippen LogP contribution >= 0.6 is 0 Å². The molecule has 0 radical (unpaired) electrons. The fourth-order valence-corrected chi connectivity index (χ4v) is 2.31. The van der Waals surface area contributed by atoms with E-state index in [0.717, 1.165) is 0 Å². The topological polar surface area (TPSA) is 92.7 Å². The van der Waals surface area contributed by atoms with Gasteiger partial charge in [0.1, 0.15) is 6.67 Å². The molecule has 0 aromatic heterocycles. The summed E-state index contributed by atoms with van der Waals surface area (Å²) in [5.74, 6) is -2.63. The Kier molecular flexibility index (Phi) is 7.35. The van der Waals surface area contributed by atoms with Crippen LogP contribution in [0.1, 0.15) is 42.6 Å². The first-order chi connectivity index (χ1) is 11.3. The average molecular weight is 339 g/mol. The first-order valence-electron chi connectivity index (χ1n) is 7.60. The Labute approximate surface area is 140 Å². The molecule has 0 spiro atoms. The summed E-state index contributed by atoms with van der Waals surface area (Å²) in [4.78, 5) is 34.5. The number of anilines is 1. The molecule has 0 aliphatic carbocycles. The number of hydrogen-bond donors (Lipinski definition) is 2. The van der Waals surface area contributed by atoms with Crippen LogP contribution in [0.15, 0.2) is 18.2 Å². The van der Waals surface area contributed by atoms with Crippen LogP contribution in [-0.2, 0) is 21.0 Å². The highest BCUT2D eigenvalue weighted by Gasteiger charge is 2.22. The van der Waals surface area contributed by atoms with Gasteiger partial charge in [-0.1, -0.05) is 13.8 Å². The van der Waals surface area contributed by atoms with Crippen molar-refractivity contribution in [3.05, 3.63) is 29.3 Å². The van der Waals surface area contributed by atoms with Gasteiger partial charge in [0.25, 0.3) is 0 Å². The monoisotopic (exact) mass is 339 g/mol. The number of hydrogen-bond acceptors (Lipinski definition) is 4. The van der Waals surface area contributed by atoms with E-state index >= 15 is 0 Å². The van der Waals surface area contributed by atoms with Crippen LogP contribution in [0.25, 0.3) is 0 Å². The number of esters is 1. The van der Waals surface area contributed by atoms with Crippen molar-refractivity contribution >= 4 is 23.5 Å². The number of aliphatic carboxylic acids is 1. The molecule has 2 N–H and O–H groups in total. The van der Waals surface area contributed by atoms with Gasteiger partial charge < -0.3 is 15.2 Å². The fourth-order valence-electron chi connectivity index (χ4n) is 2.31. The van der Waals surface area contributed by atoms with Crippen LogP contribution < -0.4 is 5.32 Å². The van der Waals surface area contributed by atoms with E-state index in [1.54, 1.807) is 13.8 Å². The average Bonchev–Trinajstić information content (AvgIpc) is 2.53. The molecule has 1 atom stereocenters. The highest BCUT2D eigenvalue weighted by molar-refractivity contribution is 5.94. The molecule has 1 aromatic rings. The molecule has 0 aliphatic rings. The largest absolute Gasteiger partial charge is 0.481 e. The van der Waals surface area contributed by atoms with E-state index in [-0.39, 0.29) is 35.6 Å². The first kappa shape index (κ1) is 19.6. The van der Waals surface area contributed by atoms with Crippen molar-refractivity contribution in [3.63, 3.8) is 0 Å². The number of halogens is 1. The van der Waals surface area contributed by atoms with Crippen molar-refractivity contribution in [1.82, 2.24) is 0 Å². The van der Waals surface area contributed by atoms with Crippen molar-refractivity contribution in [2.75, 3.05) is 12.4 Å². The highest BCUT2D eigenvalue weighted by Crippen LogP contribution is 2.21. The van der Waals surface area contributed by atoms with Gasteiger partial charge in [-0.15, -0.1) is 0 Å². The number of ether oxygens (including phenoxy) is 1. The molecule has 1 amide bonds. The minimum absolute atomic E-state index is 0.0135. The molecule has 24 heavy (non-hydrogen) atoms. The molecule has 0 saturated heterocycles. The molecule has 0 heterocycles. The maximum Gasteiger partial charge on any atom is 0.337 e. The number of carbonyl (C=O) groups excluding carboxylic acids is 2. The second-order valence-corrected chi connectivity index (χ2v) is 5.77. The molecule has 0 saturated carbocycles. The van der Waals surface area contributed by atoms with Gasteiger partial charge in [-0.25, -0.2) is 9.18 Å². The van der Waals surface area contributed by atoms with Crippen molar-refractivity contribution in [3.8, 4) is 0 Å². The molecule has 6 nitrogen and oxygen atoms in total. The smallest absolute Gasteiger partial charge is 0.337 e. The second-order valence-electron chi connectivity index (χ2n) is 5.77. The summed E-state index contributed by atoms with van der Waals surface area (Å²) in [5.41, 5.74) is 0.602. The number of rotatable bonds is 8. The van der Waals surface area contributed by atoms with Gasteiger partial charge in [-0.05, 0) is 30.5 Å². The minimum Gasteiger partial charge on any atom is -0.481 e. The molecule has 0 aliphatic heterocycles. The number of carbonyl (C=O) groups is 3. The lowest BCUT2D eigenvalue weighted by Crippen LogP contribution is -2.22. The quantitative estimate of drug-likeness (QED) is 0.710. The lowest BCUT2D eigenvalue weighted by Gasteiger charge is -2.16. The van der Waals surface area contributed by atoms with E-state index in [1.807, 2.05) is 0 Å². The highest BCUT2D eigenvalue weighted by atomic mass is 19.1. The third-order valence-electron chi connectivity index (χ3n) is 3.75. The second kappa shape index (κ2) is 9.00. The van der Waals surface area contributed by atoms with Crippen LogP contribution in [0.2, 0.25) is 0 Å². The number of methoxy groups -OCH3 is 1.